The number of benzene rings is 1. The highest BCUT2D eigenvalue weighted by molar-refractivity contribution is 6.59. The Kier molecular flexibility index (Phi) is 6.49. The van der Waals surface area contributed by atoms with E-state index in [1.807, 2.05) is 4.90 Å². The second-order valence-electron chi connectivity index (χ2n) is 8.25. The lowest BCUT2D eigenvalue weighted by Crippen LogP contribution is -2.42. The predicted molar refractivity (Wildman–Crippen MR) is 129 cm³/mol. The molecule has 3 aromatic rings. The van der Waals surface area contributed by atoms with Crippen LogP contribution < -0.4 is 21.6 Å². The van der Waals surface area contributed by atoms with Gasteiger partial charge in [0.2, 0.25) is 5.95 Å². The van der Waals surface area contributed by atoms with Gasteiger partial charge in [-0.05, 0) is 24.4 Å². The van der Waals surface area contributed by atoms with Crippen LogP contribution in [0.25, 0.3) is 11.2 Å². The summed E-state index contributed by atoms with van der Waals surface area (Å²) in [4.78, 5) is 33.5. The van der Waals surface area contributed by atoms with Gasteiger partial charge < -0.3 is 14.9 Å². The lowest BCUT2D eigenvalue weighted by Gasteiger charge is -2.32. The van der Waals surface area contributed by atoms with Gasteiger partial charge in [-0.25, -0.2) is 4.79 Å². The average molecular weight is 445 g/mol. The van der Waals surface area contributed by atoms with Gasteiger partial charge in [-0.15, -0.1) is 5.92 Å². The molecular weight excluding hydrogens is 420 g/mol. The summed E-state index contributed by atoms with van der Waals surface area (Å²) in [6, 6.07) is 6.59. The van der Waals surface area contributed by atoms with Crippen molar-refractivity contribution in [2.75, 3.05) is 18.0 Å². The molecular formula is C22H25B2N5O4. The second-order valence-corrected chi connectivity index (χ2v) is 8.25. The zero-order valence-electron chi connectivity index (χ0n) is 18.7. The van der Waals surface area contributed by atoms with Crippen LogP contribution in [0, 0.1) is 11.8 Å². The molecule has 11 heteroatoms. The van der Waals surface area contributed by atoms with E-state index in [4.69, 9.17) is 7.85 Å². The Balaban J connectivity index is 1.93. The number of fused-ring (bicyclic) bond motifs is 1. The number of imidazole rings is 1. The van der Waals surface area contributed by atoms with Crippen molar-refractivity contribution < 1.29 is 10.0 Å². The first-order valence-electron chi connectivity index (χ1n) is 10.9. The molecule has 2 aromatic heterocycles. The van der Waals surface area contributed by atoms with Gasteiger partial charge >= 0.3 is 12.8 Å². The van der Waals surface area contributed by atoms with Crippen LogP contribution in [0.3, 0.4) is 0 Å². The fraction of sp³-hybridized carbons (Fsp3) is 0.409. The molecule has 0 aliphatic carbocycles. The molecule has 2 radical (unpaired) electrons. The van der Waals surface area contributed by atoms with E-state index in [0.717, 1.165) is 24.0 Å². The van der Waals surface area contributed by atoms with Crippen LogP contribution in [0.1, 0.15) is 25.3 Å². The molecule has 33 heavy (non-hydrogen) atoms. The molecule has 1 atom stereocenters. The summed E-state index contributed by atoms with van der Waals surface area (Å²) in [6.45, 7) is 3.21. The molecule has 3 heterocycles. The second kappa shape index (κ2) is 9.33. The van der Waals surface area contributed by atoms with Crippen molar-refractivity contribution in [1.82, 2.24) is 18.7 Å². The number of aromatic nitrogens is 4. The Hall–Kier alpha value is -3.22. The van der Waals surface area contributed by atoms with Crippen LogP contribution in [0.2, 0.25) is 5.82 Å². The Morgan fingerprint density at radius 2 is 2.00 bits per heavy atom. The van der Waals surface area contributed by atoms with Crippen molar-refractivity contribution in [3.63, 3.8) is 0 Å². The predicted octanol–water partition coefficient (Wildman–Crippen LogP) is -0.795. The van der Waals surface area contributed by atoms with Crippen LogP contribution in [-0.2, 0) is 20.1 Å². The van der Waals surface area contributed by atoms with Gasteiger partial charge in [-0.1, -0.05) is 42.4 Å². The number of piperidine rings is 1. The maximum atomic E-state index is 13.6. The Labute approximate surface area is 192 Å². The largest absolute Gasteiger partial charge is 0.488 e. The minimum Gasteiger partial charge on any atom is -0.423 e. The minimum absolute atomic E-state index is 0.00570. The van der Waals surface area contributed by atoms with E-state index in [1.54, 1.807) is 42.8 Å². The van der Waals surface area contributed by atoms with E-state index >= 15 is 0 Å². The third kappa shape index (κ3) is 4.24. The summed E-state index contributed by atoms with van der Waals surface area (Å²) in [5, 5.41) is 19.4. The summed E-state index contributed by atoms with van der Waals surface area (Å²) in [5.41, 5.74) is 0.212. The maximum absolute atomic E-state index is 13.6. The molecule has 0 amide bonds. The Morgan fingerprint density at radius 3 is 2.70 bits per heavy atom. The highest BCUT2D eigenvalue weighted by Gasteiger charge is 2.26. The first kappa shape index (κ1) is 23.0. The van der Waals surface area contributed by atoms with Gasteiger partial charge in [0, 0.05) is 20.1 Å². The first-order valence-corrected chi connectivity index (χ1v) is 10.9. The van der Waals surface area contributed by atoms with Crippen molar-refractivity contribution in [1.29, 1.82) is 0 Å². The Bertz CT molecular complexity index is 1370. The van der Waals surface area contributed by atoms with Crippen LogP contribution in [0.4, 0.5) is 5.95 Å². The van der Waals surface area contributed by atoms with Crippen LogP contribution >= 0.6 is 0 Å². The van der Waals surface area contributed by atoms with Crippen molar-refractivity contribution in [3.05, 3.63) is 50.7 Å². The van der Waals surface area contributed by atoms with E-state index < -0.39 is 18.4 Å². The summed E-state index contributed by atoms with van der Waals surface area (Å²) in [5.74, 6) is 6.43. The molecule has 0 unspecified atom stereocenters. The molecule has 2 N–H and O–H groups in total. The van der Waals surface area contributed by atoms with E-state index in [0.29, 0.717) is 18.1 Å². The van der Waals surface area contributed by atoms with Gasteiger partial charge in [0.05, 0.1) is 20.9 Å². The third-order valence-electron chi connectivity index (χ3n) is 6.03. The van der Waals surface area contributed by atoms with Gasteiger partial charge in [0.1, 0.15) is 0 Å². The zero-order valence-corrected chi connectivity index (χ0v) is 18.7. The SMILES string of the molecule is [B][C@@H]1CCCN(c2nc3c(c(=O)n(Cc4ccccc4B(O)O)c(=O)n3C)n2CC#CC)C1. The van der Waals surface area contributed by atoms with Gasteiger partial charge in [-0.3, -0.25) is 18.5 Å². The summed E-state index contributed by atoms with van der Waals surface area (Å²) < 4.78 is 4.18. The van der Waals surface area contributed by atoms with Crippen molar-refractivity contribution >= 4 is 37.5 Å². The quantitative estimate of drug-likeness (QED) is 0.394. The average Bonchev–Trinajstić information content (AvgIpc) is 3.19. The van der Waals surface area contributed by atoms with Crippen molar-refractivity contribution in [2.24, 2.45) is 7.05 Å². The fourth-order valence-electron chi connectivity index (χ4n) is 4.34. The normalized spacial score (nSPS) is 16.0. The van der Waals surface area contributed by atoms with Crippen LogP contribution in [0.15, 0.2) is 33.9 Å². The minimum atomic E-state index is -1.72. The summed E-state index contributed by atoms with van der Waals surface area (Å²) in [6.07, 6.45) is 1.83. The molecule has 0 spiro atoms. The van der Waals surface area contributed by atoms with Gasteiger partial charge in [0.25, 0.3) is 5.56 Å². The zero-order chi connectivity index (χ0) is 23.7. The molecule has 1 aromatic carbocycles. The highest BCUT2D eigenvalue weighted by atomic mass is 16.4. The standard InChI is InChI=1S/C22H25B2N5O4/c1-3-4-12-28-18-19(25-21(28)27-11-7-9-16(23)14-27)26(2)22(31)29(20(18)30)13-15-8-5-6-10-17(15)24(32)33/h5-6,8,10,16,32-33H,7,9,11-14H2,1-2H3/t16-/m1/s1. The molecule has 1 aliphatic heterocycles. The summed E-state index contributed by atoms with van der Waals surface area (Å²) >= 11 is 0. The molecule has 1 saturated heterocycles. The lowest BCUT2D eigenvalue weighted by atomic mass is 9.77. The van der Waals surface area contributed by atoms with Crippen molar-refractivity contribution in [3.8, 4) is 11.8 Å². The van der Waals surface area contributed by atoms with Crippen LogP contribution in [-0.4, -0.2) is 56.8 Å². The number of anilines is 1. The molecule has 0 saturated carbocycles. The topological polar surface area (TPSA) is 106 Å². The highest BCUT2D eigenvalue weighted by Crippen LogP contribution is 2.26. The number of aryl methyl sites for hydroxylation is 1. The molecule has 168 valence electrons. The first-order chi connectivity index (χ1) is 15.8. The molecule has 1 fully saturated rings. The number of nitrogens with zero attached hydrogens (tertiary/aromatic N) is 5. The number of hydrogen-bond donors (Lipinski definition) is 2. The molecule has 9 nitrogen and oxygen atoms in total. The van der Waals surface area contributed by atoms with Gasteiger partial charge in [-0.2, -0.15) is 4.98 Å². The smallest absolute Gasteiger partial charge is 0.423 e. The Morgan fingerprint density at radius 1 is 1.24 bits per heavy atom. The monoisotopic (exact) mass is 445 g/mol. The van der Waals surface area contributed by atoms with E-state index in [1.165, 1.54) is 4.57 Å². The van der Waals surface area contributed by atoms with Gasteiger partial charge in [0.15, 0.2) is 11.2 Å². The maximum Gasteiger partial charge on any atom is 0.488 e. The molecule has 4 rings (SSSR count). The molecule has 0 bridgehead atoms. The fourth-order valence-corrected chi connectivity index (χ4v) is 4.34. The summed E-state index contributed by atoms with van der Waals surface area (Å²) in [7, 11) is 6.02. The van der Waals surface area contributed by atoms with E-state index in [-0.39, 0.29) is 35.5 Å². The molecule has 1 aliphatic rings. The van der Waals surface area contributed by atoms with E-state index in [2.05, 4.69) is 16.8 Å². The number of rotatable bonds is 5. The van der Waals surface area contributed by atoms with Crippen molar-refractivity contribution in [2.45, 2.75) is 38.7 Å². The van der Waals surface area contributed by atoms with E-state index in [9.17, 15) is 19.6 Å². The third-order valence-corrected chi connectivity index (χ3v) is 6.03. The van der Waals surface area contributed by atoms with Crippen LogP contribution in [0.5, 0.6) is 0 Å². The number of hydrogen-bond acceptors (Lipinski definition) is 6. The lowest BCUT2D eigenvalue weighted by molar-refractivity contribution is 0.425.